The first-order chi connectivity index (χ1) is 9.15. The fourth-order valence-corrected chi connectivity index (χ4v) is 2.34. The second-order valence-corrected chi connectivity index (χ2v) is 5.19. The second kappa shape index (κ2) is 6.93. The second-order valence-electron chi connectivity index (χ2n) is 5.19. The zero-order valence-electron chi connectivity index (χ0n) is 11.4. The molecule has 2 unspecified atom stereocenters. The quantitative estimate of drug-likeness (QED) is 0.852. The minimum Gasteiger partial charge on any atom is -0.377 e. The summed E-state index contributed by atoms with van der Waals surface area (Å²) in [5.41, 5.74) is 6.80. The Morgan fingerprint density at radius 1 is 1.58 bits per heavy atom. The molecule has 0 aliphatic carbocycles. The molecule has 106 valence electrons. The lowest BCUT2D eigenvalue weighted by Crippen LogP contribution is -2.31. The van der Waals surface area contributed by atoms with Gasteiger partial charge >= 0.3 is 0 Å². The van der Waals surface area contributed by atoms with Crippen molar-refractivity contribution in [1.82, 2.24) is 9.88 Å². The van der Waals surface area contributed by atoms with Crippen LogP contribution in [0.5, 0.6) is 0 Å². The van der Waals surface area contributed by atoms with E-state index in [0.717, 1.165) is 44.7 Å². The molecule has 1 saturated heterocycles. The Hall–Kier alpha value is -1.04. The van der Waals surface area contributed by atoms with Gasteiger partial charge in [0.05, 0.1) is 18.0 Å². The summed E-state index contributed by atoms with van der Waals surface area (Å²) in [6.07, 6.45) is 4.70. The highest BCUT2D eigenvalue weighted by Gasteiger charge is 2.17. The molecule has 5 heteroatoms. The highest BCUT2D eigenvalue weighted by Crippen LogP contribution is 2.15. The van der Waals surface area contributed by atoms with Crippen molar-refractivity contribution in [3.8, 4) is 0 Å². The smallest absolute Gasteiger partial charge is 0.141 e. The maximum atomic E-state index is 12.8. The minimum absolute atomic E-state index is 0.146. The van der Waals surface area contributed by atoms with Gasteiger partial charge in [-0.05, 0) is 45.0 Å². The van der Waals surface area contributed by atoms with E-state index in [1.807, 2.05) is 0 Å². The molecule has 1 aliphatic rings. The molecule has 1 aromatic rings. The predicted octanol–water partition coefficient (Wildman–Crippen LogP) is 1.72. The summed E-state index contributed by atoms with van der Waals surface area (Å²) < 4.78 is 18.4. The van der Waals surface area contributed by atoms with Crippen LogP contribution in [0.2, 0.25) is 0 Å². The van der Waals surface area contributed by atoms with Gasteiger partial charge in [-0.25, -0.2) is 4.39 Å². The monoisotopic (exact) mass is 267 g/mol. The van der Waals surface area contributed by atoms with Crippen molar-refractivity contribution in [3.63, 3.8) is 0 Å². The van der Waals surface area contributed by atoms with Gasteiger partial charge < -0.3 is 15.4 Å². The number of ether oxygens (including phenoxy) is 1. The topological polar surface area (TPSA) is 51.4 Å². The number of nitrogens with zero attached hydrogens (tertiary/aromatic N) is 2. The van der Waals surface area contributed by atoms with Gasteiger partial charge in [0.1, 0.15) is 5.82 Å². The van der Waals surface area contributed by atoms with Crippen LogP contribution >= 0.6 is 0 Å². The van der Waals surface area contributed by atoms with Crippen molar-refractivity contribution in [3.05, 3.63) is 29.8 Å². The van der Waals surface area contributed by atoms with Crippen LogP contribution in [-0.2, 0) is 4.74 Å². The lowest BCUT2D eigenvalue weighted by molar-refractivity contribution is 0.0804. The zero-order chi connectivity index (χ0) is 13.7. The first kappa shape index (κ1) is 14.4. The van der Waals surface area contributed by atoms with Gasteiger partial charge in [-0.15, -0.1) is 0 Å². The lowest BCUT2D eigenvalue weighted by atomic mass is 10.1. The Morgan fingerprint density at radius 2 is 2.42 bits per heavy atom. The highest BCUT2D eigenvalue weighted by atomic mass is 19.1. The number of hydrogen-bond donors (Lipinski definition) is 1. The van der Waals surface area contributed by atoms with E-state index in [-0.39, 0.29) is 11.9 Å². The molecule has 4 nitrogen and oxygen atoms in total. The van der Waals surface area contributed by atoms with Crippen molar-refractivity contribution < 1.29 is 9.13 Å². The number of likely N-dealkylation sites (N-methyl/N-ethyl adjacent to an activating group) is 1. The normalized spacial score (nSPS) is 20.9. The Labute approximate surface area is 113 Å². The molecule has 0 aromatic carbocycles. The number of hydrogen-bond acceptors (Lipinski definition) is 4. The van der Waals surface area contributed by atoms with Crippen molar-refractivity contribution in [2.24, 2.45) is 5.73 Å². The van der Waals surface area contributed by atoms with Crippen molar-refractivity contribution >= 4 is 0 Å². The van der Waals surface area contributed by atoms with Crippen molar-refractivity contribution in [2.75, 3.05) is 26.7 Å². The summed E-state index contributed by atoms with van der Waals surface area (Å²) in [6, 6.07) is 2.91. The van der Waals surface area contributed by atoms with Crippen LogP contribution in [-0.4, -0.2) is 42.7 Å². The van der Waals surface area contributed by atoms with Gasteiger partial charge in [0.2, 0.25) is 0 Å². The Morgan fingerprint density at radius 3 is 3.05 bits per heavy atom. The van der Waals surface area contributed by atoms with Gasteiger partial charge in [-0.1, -0.05) is 0 Å². The fraction of sp³-hybridized carbons (Fsp3) is 0.643. The molecule has 1 fully saturated rings. The van der Waals surface area contributed by atoms with Crippen LogP contribution in [0.3, 0.4) is 0 Å². The summed E-state index contributed by atoms with van der Waals surface area (Å²) in [5.74, 6) is -0.327. The molecule has 1 aromatic heterocycles. The molecule has 2 heterocycles. The van der Waals surface area contributed by atoms with Crippen LogP contribution in [0.4, 0.5) is 4.39 Å². The zero-order valence-corrected chi connectivity index (χ0v) is 11.4. The van der Waals surface area contributed by atoms with Crippen LogP contribution in [0.15, 0.2) is 18.3 Å². The first-order valence-electron chi connectivity index (χ1n) is 6.82. The third-order valence-electron chi connectivity index (χ3n) is 3.49. The van der Waals surface area contributed by atoms with Crippen molar-refractivity contribution in [2.45, 2.75) is 31.4 Å². The number of nitrogens with two attached hydrogens (primary N) is 1. The van der Waals surface area contributed by atoms with Gasteiger partial charge in [0.15, 0.2) is 0 Å². The largest absolute Gasteiger partial charge is 0.377 e. The average molecular weight is 267 g/mol. The fourth-order valence-electron chi connectivity index (χ4n) is 2.34. The van der Waals surface area contributed by atoms with Crippen LogP contribution < -0.4 is 5.73 Å². The standard InChI is InChI=1S/C14H22FN3O/c1-18(10-12-3-2-8-19-12)7-6-13(16)14-5-4-11(15)9-17-14/h4-5,9,12-13H,2-3,6-8,10,16H2,1H3. The molecule has 19 heavy (non-hydrogen) atoms. The maximum absolute atomic E-state index is 12.8. The third kappa shape index (κ3) is 4.53. The van der Waals surface area contributed by atoms with E-state index in [1.54, 1.807) is 6.07 Å². The van der Waals surface area contributed by atoms with Crippen LogP contribution in [0.1, 0.15) is 31.0 Å². The Balaban J connectivity index is 1.73. The predicted molar refractivity (Wildman–Crippen MR) is 72.2 cm³/mol. The molecule has 0 saturated carbocycles. The number of halogens is 1. The van der Waals surface area contributed by atoms with Gasteiger partial charge in [0.25, 0.3) is 0 Å². The molecule has 2 rings (SSSR count). The van der Waals surface area contributed by atoms with E-state index in [4.69, 9.17) is 10.5 Å². The van der Waals surface area contributed by atoms with Gasteiger partial charge in [-0.2, -0.15) is 0 Å². The molecule has 2 N–H and O–H groups in total. The van der Waals surface area contributed by atoms with Gasteiger partial charge in [-0.3, -0.25) is 4.98 Å². The number of pyridine rings is 1. The summed E-state index contributed by atoms with van der Waals surface area (Å²) in [5, 5.41) is 0. The summed E-state index contributed by atoms with van der Waals surface area (Å²) in [7, 11) is 2.08. The summed E-state index contributed by atoms with van der Waals surface area (Å²) >= 11 is 0. The van der Waals surface area contributed by atoms with E-state index in [1.165, 1.54) is 12.3 Å². The maximum Gasteiger partial charge on any atom is 0.141 e. The molecule has 0 spiro atoms. The molecule has 1 aliphatic heterocycles. The van der Waals surface area contributed by atoms with Crippen LogP contribution in [0.25, 0.3) is 0 Å². The molecule has 0 radical (unpaired) electrons. The molecule has 2 atom stereocenters. The van der Waals surface area contributed by atoms with E-state index in [0.29, 0.717) is 6.10 Å². The molecule has 0 bridgehead atoms. The lowest BCUT2D eigenvalue weighted by Gasteiger charge is -2.22. The SMILES string of the molecule is CN(CCC(N)c1ccc(F)cn1)CC1CCCO1. The number of rotatable bonds is 6. The van der Waals surface area contributed by atoms with Crippen LogP contribution in [0, 0.1) is 5.82 Å². The van der Waals surface area contributed by atoms with Gasteiger partial charge in [0, 0.05) is 19.2 Å². The molecular weight excluding hydrogens is 245 g/mol. The molecular formula is C14H22FN3O. The first-order valence-corrected chi connectivity index (χ1v) is 6.82. The average Bonchev–Trinajstić information content (AvgIpc) is 2.89. The van der Waals surface area contributed by atoms with E-state index in [2.05, 4.69) is 16.9 Å². The third-order valence-corrected chi connectivity index (χ3v) is 3.49. The minimum atomic E-state index is -0.327. The highest BCUT2D eigenvalue weighted by molar-refractivity contribution is 5.09. The van der Waals surface area contributed by atoms with Crippen molar-refractivity contribution in [1.29, 1.82) is 0 Å². The Kier molecular flexibility index (Phi) is 5.24. The van der Waals surface area contributed by atoms with E-state index in [9.17, 15) is 4.39 Å². The Bertz CT molecular complexity index is 379. The summed E-state index contributed by atoms with van der Waals surface area (Å²) in [4.78, 5) is 6.25. The molecule has 0 amide bonds. The summed E-state index contributed by atoms with van der Waals surface area (Å²) in [6.45, 7) is 2.72. The van der Waals surface area contributed by atoms with E-state index < -0.39 is 0 Å². The number of aromatic nitrogens is 1. The van der Waals surface area contributed by atoms with E-state index >= 15 is 0 Å².